The van der Waals surface area contributed by atoms with Crippen LogP contribution in [0.5, 0.6) is 5.75 Å². The molecule has 11 heteroatoms. The Bertz CT molecular complexity index is 1830. The number of fused-ring (bicyclic) bond motifs is 1. The van der Waals surface area contributed by atoms with Gasteiger partial charge in [-0.15, -0.1) is 0 Å². The minimum atomic E-state index is -1.18. The number of carbonyl (C=O) groups is 2. The van der Waals surface area contributed by atoms with Crippen molar-refractivity contribution in [3.8, 4) is 17.1 Å². The van der Waals surface area contributed by atoms with Gasteiger partial charge in [-0.25, -0.2) is 14.6 Å². The number of aromatic carboxylic acids is 1. The van der Waals surface area contributed by atoms with Crippen molar-refractivity contribution >= 4 is 41.0 Å². The molecule has 0 saturated heterocycles. The zero-order chi connectivity index (χ0) is 27.1. The summed E-state index contributed by atoms with van der Waals surface area (Å²) in [6.45, 7) is 1.60. The molecule has 192 valence electrons. The van der Waals surface area contributed by atoms with Crippen LogP contribution in [0.4, 0.5) is 0 Å². The number of nitrogens with zero attached hydrogens (tertiary/aromatic N) is 2. The van der Waals surface area contributed by atoms with Gasteiger partial charge in [0.05, 0.1) is 33.5 Å². The lowest BCUT2D eigenvalue weighted by molar-refractivity contribution is -0.133. The molecule has 1 atom stereocenters. The number of thiazole rings is 1. The van der Waals surface area contributed by atoms with E-state index in [9.17, 15) is 24.6 Å². The number of aromatic nitrogens is 1. The van der Waals surface area contributed by atoms with E-state index in [4.69, 9.17) is 20.8 Å². The number of para-hydroxylation sites is 1. The summed E-state index contributed by atoms with van der Waals surface area (Å²) in [4.78, 5) is 42.1. The Hall–Kier alpha value is -4.41. The maximum Gasteiger partial charge on any atom is 0.337 e. The highest BCUT2D eigenvalue weighted by atomic mass is 35.5. The second-order valence-electron chi connectivity index (χ2n) is 8.33. The van der Waals surface area contributed by atoms with Gasteiger partial charge in [-0.3, -0.25) is 9.36 Å². The van der Waals surface area contributed by atoms with E-state index in [1.54, 1.807) is 55.5 Å². The van der Waals surface area contributed by atoms with E-state index < -0.39 is 23.5 Å². The molecule has 1 aliphatic rings. The van der Waals surface area contributed by atoms with Crippen molar-refractivity contribution in [1.29, 1.82) is 0 Å². The van der Waals surface area contributed by atoms with Crippen LogP contribution < -0.4 is 19.6 Å². The van der Waals surface area contributed by atoms with Crippen molar-refractivity contribution in [2.75, 3.05) is 7.11 Å². The third-order valence-corrected chi connectivity index (χ3v) is 7.38. The predicted octanol–water partition coefficient (Wildman–Crippen LogP) is 3.94. The van der Waals surface area contributed by atoms with Gasteiger partial charge in [-0.05, 0) is 43.3 Å². The van der Waals surface area contributed by atoms with Crippen LogP contribution in [0.2, 0.25) is 5.02 Å². The van der Waals surface area contributed by atoms with Crippen molar-refractivity contribution in [2.24, 2.45) is 4.99 Å². The fraction of sp³-hybridized carbons (Fsp3) is 0.111. The number of methoxy groups -OCH3 is 1. The zero-order valence-electron chi connectivity index (χ0n) is 20.0. The van der Waals surface area contributed by atoms with Gasteiger partial charge in [-0.2, -0.15) is 0 Å². The molecule has 38 heavy (non-hydrogen) atoms. The largest absolute Gasteiger partial charge is 0.496 e. The fourth-order valence-corrected chi connectivity index (χ4v) is 5.56. The summed E-state index contributed by atoms with van der Waals surface area (Å²) in [6.07, 6.45) is 1.54. The van der Waals surface area contributed by atoms with E-state index in [2.05, 4.69) is 4.99 Å². The van der Waals surface area contributed by atoms with Crippen LogP contribution in [-0.2, 0) is 4.79 Å². The van der Waals surface area contributed by atoms with E-state index in [1.807, 2.05) is 0 Å². The van der Waals surface area contributed by atoms with Gasteiger partial charge in [0, 0.05) is 17.2 Å². The Morgan fingerprint density at radius 1 is 1.13 bits per heavy atom. The number of carboxylic acids is 2. The first kappa shape index (κ1) is 25.2. The van der Waals surface area contributed by atoms with Gasteiger partial charge in [0.25, 0.3) is 5.56 Å². The van der Waals surface area contributed by atoms with E-state index >= 15 is 0 Å². The topological polar surface area (TPSA) is 131 Å². The quantitative estimate of drug-likeness (QED) is 0.372. The summed E-state index contributed by atoms with van der Waals surface area (Å²) in [5.41, 5.74) is 0.798. The highest BCUT2D eigenvalue weighted by molar-refractivity contribution is 7.07. The van der Waals surface area contributed by atoms with E-state index in [1.165, 1.54) is 23.8 Å². The van der Waals surface area contributed by atoms with E-state index in [0.717, 1.165) is 11.3 Å². The summed E-state index contributed by atoms with van der Waals surface area (Å²) >= 11 is 7.07. The molecular weight excluding hydrogens is 532 g/mol. The first-order valence-electron chi connectivity index (χ1n) is 11.2. The Balaban J connectivity index is 1.64. The van der Waals surface area contributed by atoms with Crippen LogP contribution in [0.3, 0.4) is 0 Å². The molecule has 0 spiro atoms. The SMILES string of the molecule is COc1ccccc1C1C(C(=O)O)=C(C)N=c2sc(=Cc3ccc(-c4ccc(Cl)c(C(=O)O)c4)o3)c(=O)n21. The van der Waals surface area contributed by atoms with E-state index in [-0.39, 0.29) is 20.7 Å². The average molecular weight is 551 g/mol. The van der Waals surface area contributed by atoms with Crippen molar-refractivity contribution < 1.29 is 29.0 Å². The molecule has 2 N–H and O–H groups in total. The molecular formula is C27H19ClN2O7S. The predicted molar refractivity (Wildman–Crippen MR) is 141 cm³/mol. The van der Waals surface area contributed by atoms with E-state index in [0.29, 0.717) is 38.9 Å². The van der Waals surface area contributed by atoms with Crippen molar-refractivity contribution in [1.82, 2.24) is 4.57 Å². The minimum absolute atomic E-state index is 0.0225. The standard InChI is InChI=1S/C27H19ClN2O7S/c1-13-22(26(34)35)23(16-5-3-4-6-20(16)36-2)30-24(31)21(38-27(30)29-13)12-15-8-10-19(37-15)14-7-9-18(28)17(11-14)25(32)33/h3-12,23H,1-2H3,(H,32,33)(H,34,35). The summed E-state index contributed by atoms with van der Waals surface area (Å²) in [5, 5.41) is 19.5. The van der Waals surface area contributed by atoms with Gasteiger partial charge >= 0.3 is 11.9 Å². The van der Waals surface area contributed by atoms with Gasteiger partial charge < -0.3 is 19.4 Å². The minimum Gasteiger partial charge on any atom is -0.496 e. The van der Waals surface area contributed by atoms with Gasteiger partial charge in [-0.1, -0.05) is 41.1 Å². The van der Waals surface area contributed by atoms with Crippen LogP contribution in [0.15, 0.2) is 80.1 Å². The number of ether oxygens (including phenoxy) is 1. The number of furan rings is 1. The van der Waals surface area contributed by atoms with Gasteiger partial charge in [0.1, 0.15) is 23.3 Å². The number of halogens is 1. The molecule has 0 fully saturated rings. The molecule has 4 aromatic rings. The third kappa shape index (κ3) is 4.33. The molecule has 0 saturated carbocycles. The monoisotopic (exact) mass is 550 g/mol. The summed E-state index contributed by atoms with van der Waals surface area (Å²) in [6, 6.07) is 13.8. The lowest BCUT2D eigenvalue weighted by Crippen LogP contribution is -2.39. The Labute approximate surface area is 223 Å². The molecule has 0 radical (unpaired) electrons. The molecule has 0 bridgehead atoms. The second kappa shape index (κ2) is 9.81. The first-order chi connectivity index (χ1) is 18.2. The maximum atomic E-state index is 13.6. The van der Waals surface area contributed by atoms with Crippen molar-refractivity contribution in [2.45, 2.75) is 13.0 Å². The third-order valence-electron chi connectivity index (χ3n) is 6.07. The molecule has 9 nitrogen and oxygen atoms in total. The molecule has 3 heterocycles. The Morgan fingerprint density at radius 3 is 2.61 bits per heavy atom. The lowest BCUT2D eigenvalue weighted by atomic mass is 9.95. The summed E-state index contributed by atoms with van der Waals surface area (Å²) in [7, 11) is 1.48. The number of hydrogen-bond donors (Lipinski definition) is 2. The first-order valence-corrected chi connectivity index (χ1v) is 12.4. The average Bonchev–Trinajstić information content (AvgIpc) is 3.47. The molecule has 0 amide bonds. The van der Waals surface area contributed by atoms with Gasteiger partial charge in [0.2, 0.25) is 0 Å². The van der Waals surface area contributed by atoms with Crippen LogP contribution in [0.25, 0.3) is 17.4 Å². The smallest absolute Gasteiger partial charge is 0.337 e. The second-order valence-corrected chi connectivity index (χ2v) is 9.75. The van der Waals surface area contributed by atoms with Crippen molar-refractivity contribution in [3.05, 3.63) is 107 Å². The zero-order valence-corrected chi connectivity index (χ0v) is 21.5. The lowest BCUT2D eigenvalue weighted by Gasteiger charge is -2.24. The highest BCUT2D eigenvalue weighted by Crippen LogP contribution is 2.35. The number of allylic oxidation sites excluding steroid dienone is 1. The molecule has 2 aromatic carbocycles. The normalized spacial score (nSPS) is 15.2. The molecule has 5 rings (SSSR count). The molecule has 0 aliphatic carbocycles. The van der Waals surface area contributed by atoms with Crippen LogP contribution in [-0.4, -0.2) is 33.8 Å². The molecule has 1 aliphatic heterocycles. The number of benzene rings is 2. The Morgan fingerprint density at radius 2 is 1.89 bits per heavy atom. The van der Waals surface area contributed by atoms with Gasteiger partial charge in [0.15, 0.2) is 4.80 Å². The van der Waals surface area contributed by atoms with Crippen LogP contribution in [0, 0.1) is 0 Å². The number of hydrogen-bond acceptors (Lipinski definition) is 7. The van der Waals surface area contributed by atoms with Crippen molar-refractivity contribution in [3.63, 3.8) is 0 Å². The molecule has 1 unspecified atom stereocenters. The summed E-state index contributed by atoms with van der Waals surface area (Å²) in [5.74, 6) is -1.17. The number of aliphatic carboxylic acids is 1. The Kier molecular flexibility index (Phi) is 6.52. The fourth-order valence-electron chi connectivity index (χ4n) is 4.34. The highest BCUT2D eigenvalue weighted by Gasteiger charge is 2.34. The van der Waals surface area contributed by atoms with Crippen LogP contribution >= 0.6 is 22.9 Å². The van der Waals surface area contributed by atoms with Crippen LogP contribution in [0.1, 0.15) is 34.6 Å². The maximum absolute atomic E-state index is 13.6. The molecule has 2 aromatic heterocycles. The summed E-state index contributed by atoms with van der Waals surface area (Å²) < 4.78 is 13.0. The number of carboxylic acid groups (broad SMARTS) is 2. The number of rotatable bonds is 6.